The van der Waals surface area contributed by atoms with Crippen molar-refractivity contribution in [1.82, 2.24) is 19.4 Å². The first-order valence-electron chi connectivity index (χ1n) is 12.8. The number of esters is 1. The van der Waals surface area contributed by atoms with E-state index < -0.39 is 23.7 Å². The number of carbonyl (C=O) groups is 1. The summed E-state index contributed by atoms with van der Waals surface area (Å²) in [6, 6.07) is 7.08. The molecule has 4 rings (SSSR count). The molecule has 1 aliphatic heterocycles. The van der Waals surface area contributed by atoms with Gasteiger partial charge in [-0.05, 0) is 64.8 Å². The molecule has 37 heavy (non-hydrogen) atoms. The molecule has 0 radical (unpaired) electrons. The molecule has 0 spiro atoms. The van der Waals surface area contributed by atoms with Gasteiger partial charge in [0.1, 0.15) is 17.5 Å². The third-order valence-electron chi connectivity index (χ3n) is 6.57. The van der Waals surface area contributed by atoms with E-state index in [9.17, 15) is 14.7 Å². The van der Waals surface area contributed by atoms with Gasteiger partial charge in [-0.3, -0.25) is 14.9 Å². The molecule has 2 N–H and O–H groups in total. The van der Waals surface area contributed by atoms with Gasteiger partial charge in [-0.15, -0.1) is 0 Å². The summed E-state index contributed by atoms with van der Waals surface area (Å²) in [7, 11) is 1.75. The minimum Gasteiger partial charge on any atom is -0.459 e. The Labute approximate surface area is 217 Å². The molecule has 9 nitrogen and oxygen atoms in total. The van der Waals surface area contributed by atoms with E-state index in [0.717, 1.165) is 54.2 Å². The highest BCUT2D eigenvalue weighted by Crippen LogP contribution is 2.28. The second-order valence-electron chi connectivity index (χ2n) is 11.1. The minimum atomic E-state index is -0.911. The Hall–Kier alpha value is -3.01. The molecule has 200 valence electrons. The van der Waals surface area contributed by atoms with Crippen molar-refractivity contribution in [2.45, 2.75) is 71.9 Å². The number of carbonyl (C=O) groups excluding carboxylic acids is 1. The molecule has 3 aromatic rings. The van der Waals surface area contributed by atoms with Crippen molar-refractivity contribution >= 4 is 17.0 Å². The van der Waals surface area contributed by atoms with Gasteiger partial charge in [0.25, 0.3) is 5.56 Å². The first-order valence-corrected chi connectivity index (χ1v) is 12.8. The molecular formula is C28H38N4O5. The maximum atomic E-state index is 12.6. The van der Waals surface area contributed by atoms with Crippen molar-refractivity contribution in [3.63, 3.8) is 0 Å². The van der Waals surface area contributed by atoms with E-state index in [1.807, 2.05) is 37.4 Å². The Morgan fingerprint density at radius 2 is 2.08 bits per heavy atom. The molecule has 1 fully saturated rings. The maximum absolute atomic E-state index is 12.6. The molecule has 0 saturated carbocycles. The van der Waals surface area contributed by atoms with Gasteiger partial charge in [0, 0.05) is 50.0 Å². The lowest BCUT2D eigenvalue weighted by Crippen LogP contribution is -2.47. The summed E-state index contributed by atoms with van der Waals surface area (Å²) in [4.78, 5) is 29.9. The zero-order chi connectivity index (χ0) is 26.9. The molecule has 1 aliphatic rings. The fraction of sp³-hybridized carbons (Fsp3) is 0.536. The smallest absolute Gasteiger partial charge is 0.326 e. The van der Waals surface area contributed by atoms with Crippen LogP contribution < -0.4 is 10.9 Å². The number of aryl methyl sites for hydroxylation is 2. The number of nitrogens with zero attached hydrogens (tertiary/aromatic N) is 3. The molecule has 2 unspecified atom stereocenters. The fourth-order valence-electron chi connectivity index (χ4n) is 4.72. The van der Waals surface area contributed by atoms with Crippen LogP contribution in [0, 0.1) is 12.8 Å². The molecule has 1 aromatic carbocycles. The molecular weight excluding hydrogens is 472 g/mol. The van der Waals surface area contributed by atoms with Crippen LogP contribution >= 0.6 is 0 Å². The number of fused-ring (bicyclic) bond motifs is 1. The highest BCUT2D eigenvalue weighted by Gasteiger charge is 2.28. The normalized spacial score (nSPS) is 17.8. The number of aliphatic hydroxyl groups excluding tert-OH is 1. The summed E-state index contributed by atoms with van der Waals surface area (Å²) in [5.74, 6) is 0.715. The molecule has 0 bridgehead atoms. The van der Waals surface area contributed by atoms with Gasteiger partial charge in [-0.2, -0.15) is 0 Å². The number of hydrogen-bond acceptors (Lipinski definition) is 7. The van der Waals surface area contributed by atoms with E-state index in [4.69, 9.17) is 14.5 Å². The number of rotatable bonds is 8. The van der Waals surface area contributed by atoms with Crippen molar-refractivity contribution in [1.29, 1.82) is 0 Å². The van der Waals surface area contributed by atoms with Crippen molar-refractivity contribution in [3.05, 3.63) is 51.9 Å². The van der Waals surface area contributed by atoms with Crippen LogP contribution in [0.15, 0.2) is 35.3 Å². The van der Waals surface area contributed by atoms with E-state index >= 15 is 0 Å². The summed E-state index contributed by atoms with van der Waals surface area (Å²) in [6.07, 6.45) is 1.92. The number of ether oxygens (including phenoxy) is 2. The summed E-state index contributed by atoms with van der Waals surface area (Å²) in [6.45, 7) is 11.4. The van der Waals surface area contributed by atoms with E-state index in [1.54, 1.807) is 39.3 Å². The number of aliphatic hydroxyl groups is 1. The lowest BCUT2D eigenvalue weighted by molar-refractivity contribution is -0.160. The molecule has 0 amide bonds. The first kappa shape index (κ1) is 27.0. The first-order chi connectivity index (χ1) is 17.4. The van der Waals surface area contributed by atoms with Crippen LogP contribution in [0.3, 0.4) is 0 Å². The molecule has 1 saturated heterocycles. The lowest BCUT2D eigenvalue weighted by Gasteiger charge is -2.26. The second-order valence-corrected chi connectivity index (χ2v) is 11.1. The third-order valence-corrected chi connectivity index (χ3v) is 6.57. The highest BCUT2D eigenvalue weighted by atomic mass is 16.6. The van der Waals surface area contributed by atoms with Crippen LogP contribution in [0.4, 0.5) is 0 Å². The number of pyridine rings is 1. The summed E-state index contributed by atoms with van der Waals surface area (Å²) < 4.78 is 14.9. The molecule has 9 heteroatoms. The maximum Gasteiger partial charge on any atom is 0.326 e. The predicted molar refractivity (Wildman–Crippen MR) is 142 cm³/mol. The van der Waals surface area contributed by atoms with Crippen molar-refractivity contribution in [2.75, 3.05) is 13.2 Å². The molecule has 0 aliphatic carbocycles. The number of nitrogens with one attached hydrogen (secondary N) is 1. The van der Waals surface area contributed by atoms with Crippen molar-refractivity contribution in [2.24, 2.45) is 13.0 Å². The van der Waals surface area contributed by atoms with Crippen LogP contribution in [0.2, 0.25) is 0 Å². The Balaban J connectivity index is 1.66. The SMILES string of the molecule is Cc1cc(-c2nc3cc(CNC(C(=O)OC(C)(C)C)C(C)O)ccc3n2C[C@H]2CCOC2)cn(C)c1=O. The largest absolute Gasteiger partial charge is 0.459 e. The lowest BCUT2D eigenvalue weighted by atomic mass is 10.1. The van der Waals surface area contributed by atoms with Crippen LogP contribution in [-0.2, 0) is 34.4 Å². The zero-order valence-electron chi connectivity index (χ0n) is 22.6. The molecule has 2 aromatic heterocycles. The second kappa shape index (κ2) is 10.8. The van der Waals surface area contributed by atoms with Gasteiger partial charge in [-0.25, -0.2) is 4.98 Å². The number of benzene rings is 1. The Morgan fingerprint density at radius 1 is 1.32 bits per heavy atom. The average molecular weight is 511 g/mol. The standard InChI is InChI=1S/C28H38N4O5/c1-17-11-21(15-31(6)26(17)34)25-30-22-12-19(7-8-23(22)32(25)14-20-9-10-36-16-20)13-29-24(18(2)33)27(35)37-28(3,4)5/h7-8,11-12,15,18,20,24,29,33H,9-10,13-14,16H2,1-6H3/t18?,20-,24?/m1/s1. The Morgan fingerprint density at radius 3 is 2.70 bits per heavy atom. The quantitative estimate of drug-likeness (QED) is 0.449. The van der Waals surface area contributed by atoms with E-state index in [-0.39, 0.29) is 5.56 Å². The fourth-order valence-corrected chi connectivity index (χ4v) is 4.72. The van der Waals surface area contributed by atoms with Crippen LogP contribution in [0.1, 0.15) is 45.2 Å². The molecule has 3 atom stereocenters. The number of aromatic nitrogens is 3. The van der Waals surface area contributed by atoms with Crippen LogP contribution in [0.25, 0.3) is 22.4 Å². The molecule has 3 heterocycles. The van der Waals surface area contributed by atoms with Gasteiger partial charge < -0.3 is 23.7 Å². The predicted octanol–water partition coefficient (Wildman–Crippen LogP) is 2.93. The summed E-state index contributed by atoms with van der Waals surface area (Å²) >= 11 is 0. The van der Waals surface area contributed by atoms with E-state index in [1.165, 1.54) is 0 Å². The number of hydrogen-bond donors (Lipinski definition) is 2. The van der Waals surface area contributed by atoms with Gasteiger partial charge in [0.15, 0.2) is 0 Å². The van der Waals surface area contributed by atoms with Gasteiger partial charge in [0.2, 0.25) is 0 Å². The topological polar surface area (TPSA) is 108 Å². The average Bonchev–Trinajstić information content (AvgIpc) is 3.44. The van der Waals surface area contributed by atoms with Crippen LogP contribution in [-0.4, -0.2) is 56.2 Å². The zero-order valence-corrected chi connectivity index (χ0v) is 22.6. The van der Waals surface area contributed by atoms with Crippen molar-refractivity contribution < 1.29 is 19.4 Å². The van der Waals surface area contributed by atoms with Crippen molar-refractivity contribution in [3.8, 4) is 11.4 Å². The van der Waals surface area contributed by atoms with Gasteiger partial charge in [-0.1, -0.05) is 6.07 Å². The summed E-state index contributed by atoms with van der Waals surface area (Å²) in [5.41, 5.74) is 3.63. The van der Waals surface area contributed by atoms with E-state index in [2.05, 4.69) is 9.88 Å². The van der Waals surface area contributed by atoms with E-state index in [0.29, 0.717) is 18.0 Å². The monoisotopic (exact) mass is 510 g/mol. The Bertz CT molecular complexity index is 1300. The Kier molecular flexibility index (Phi) is 7.87. The number of imidazole rings is 1. The third kappa shape index (κ3) is 6.29. The van der Waals surface area contributed by atoms with Gasteiger partial charge in [0.05, 0.1) is 23.7 Å². The highest BCUT2D eigenvalue weighted by molar-refractivity contribution is 5.81. The van der Waals surface area contributed by atoms with Gasteiger partial charge >= 0.3 is 5.97 Å². The van der Waals surface area contributed by atoms with Crippen LogP contribution in [0.5, 0.6) is 0 Å². The summed E-state index contributed by atoms with van der Waals surface area (Å²) in [5, 5.41) is 13.3. The minimum absolute atomic E-state index is 0.0263.